The average Bonchev–Trinajstić information content (AvgIpc) is 2.89. The second-order valence-electron chi connectivity index (χ2n) is 4.73. The Bertz CT molecular complexity index is 753. The minimum Gasteiger partial charge on any atom is -0.292 e. The van der Waals surface area contributed by atoms with Crippen LogP contribution in [0.3, 0.4) is 0 Å². The van der Waals surface area contributed by atoms with Crippen LogP contribution in [-0.4, -0.2) is 16.6 Å². The summed E-state index contributed by atoms with van der Waals surface area (Å²) in [5.41, 5.74) is 0.744. The molecule has 1 aliphatic rings. The Morgan fingerprint density at radius 3 is 2.73 bits per heavy atom. The first-order chi connectivity index (χ1) is 10.6. The number of benzene rings is 2. The van der Waals surface area contributed by atoms with Crippen LogP contribution >= 0.6 is 11.8 Å². The molecule has 0 N–H and O–H groups in total. The van der Waals surface area contributed by atoms with E-state index in [1.54, 1.807) is 24.3 Å². The third kappa shape index (κ3) is 2.55. The number of carbonyl (C=O) groups excluding carboxylic acids is 1. The average molecular weight is 318 g/mol. The summed E-state index contributed by atoms with van der Waals surface area (Å²) >= 11 is 1.32. The fourth-order valence-corrected chi connectivity index (χ4v) is 3.53. The maximum absolute atomic E-state index is 14.0. The number of rotatable bonds is 3. The summed E-state index contributed by atoms with van der Waals surface area (Å²) in [4.78, 5) is 23.9. The van der Waals surface area contributed by atoms with Crippen molar-refractivity contribution in [3.8, 4) is 0 Å². The molecule has 0 saturated carbocycles. The quantitative estimate of drug-likeness (QED) is 0.642. The summed E-state index contributed by atoms with van der Waals surface area (Å²) in [6.45, 7) is 0. The zero-order chi connectivity index (χ0) is 15.7. The molecule has 112 valence electrons. The Morgan fingerprint density at radius 2 is 2.00 bits per heavy atom. The van der Waals surface area contributed by atoms with E-state index in [1.165, 1.54) is 40.9 Å². The van der Waals surface area contributed by atoms with Gasteiger partial charge in [-0.2, -0.15) is 0 Å². The molecule has 1 aliphatic heterocycles. The summed E-state index contributed by atoms with van der Waals surface area (Å²) in [5, 5.41) is 10.4. The molecule has 1 amide bonds. The number of nitro groups is 1. The molecule has 0 radical (unpaired) electrons. The van der Waals surface area contributed by atoms with Gasteiger partial charge in [0.2, 0.25) is 5.91 Å². The van der Waals surface area contributed by atoms with E-state index in [4.69, 9.17) is 0 Å². The van der Waals surface area contributed by atoms with Crippen LogP contribution in [0.4, 0.5) is 15.8 Å². The molecule has 1 heterocycles. The number of halogens is 1. The van der Waals surface area contributed by atoms with Crippen molar-refractivity contribution in [1.29, 1.82) is 0 Å². The number of non-ortho nitro benzene ring substituents is 1. The van der Waals surface area contributed by atoms with E-state index in [9.17, 15) is 19.3 Å². The molecule has 3 rings (SSSR count). The van der Waals surface area contributed by atoms with Crippen LogP contribution in [0.5, 0.6) is 0 Å². The zero-order valence-electron chi connectivity index (χ0n) is 11.3. The molecule has 0 bridgehead atoms. The van der Waals surface area contributed by atoms with E-state index in [0.29, 0.717) is 5.56 Å². The lowest BCUT2D eigenvalue weighted by Gasteiger charge is -2.24. The molecule has 0 aliphatic carbocycles. The zero-order valence-corrected chi connectivity index (χ0v) is 12.1. The predicted octanol–water partition coefficient (Wildman–Crippen LogP) is 3.51. The summed E-state index contributed by atoms with van der Waals surface area (Å²) in [7, 11) is 0. The van der Waals surface area contributed by atoms with Gasteiger partial charge in [-0.15, -0.1) is 11.8 Å². The van der Waals surface area contributed by atoms with Crippen LogP contribution in [0.15, 0.2) is 48.5 Å². The molecule has 2 aromatic rings. The molecule has 0 unspecified atom stereocenters. The van der Waals surface area contributed by atoms with E-state index in [1.807, 2.05) is 0 Å². The number of nitrogens with zero attached hydrogens (tertiary/aromatic N) is 2. The fourth-order valence-electron chi connectivity index (χ4n) is 2.37. The Kier molecular flexibility index (Phi) is 3.81. The van der Waals surface area contributed by atoms with Gasteiger partial charge in [-0.1, -0.05) is 24.3 Å². The minimum atomic E-state index is -0.492. The molecular weight excluding hydrogens is 307 g/mol. The van der Waals surface area contributed by atoms with Gasteiger partial charge in [0, 0.05) is 12.1 Å². The molecule has 7 heteroatoms. The lowest BCUT2D eigenvalue weighted by Crippen LogP contribution is -2.28. The van der Waals surface area contributed by atoms with E-state index >= 15 is 0 Å². The van der Waals surface area contributed by atoms with Crippen molar-refractivity contribution in [2.45, 2.75) is 5.37 Å². The first-order valence-electron chi connectivity index (χ1n) is 6.50. The first-order valence-corrected chi connectivity index (χ1v) is 7.55. The standard InChI is InChI=1S/C15H11FN2O3S/c16-12-6-1-2-7-13(12)17-14(19)9-22-15(17)10-4-3-5-11(8-10)18(20)21/h1-8,15H,9H2/t15-/m0/s1. The van der Waals surface area contributed by atoms with Crippen molar-refractivity contribution >= 4 is 29.0 Å². The van der Waals surface area contributed by atoms with Crippen LogP contribution in [0.2, 0.25) is 0 Å². The maximum Gasteiger partial charge on any atom is 0.269 e. The number of nitro benzene ring substituents is 1. The van der Waals surface area contributed by atoms with Crippen LogP contribution in [-0.2, 0) is 4.79 Å². The molecule has 5 nitrogen and oxygen atoms in total. The van der Waals surface area contributed by atoms with Crippen molar-refractivity contribution in [2.24, 2.45) is 0 Å². The van der Waals surface area contributed by atoms with E-state index in [2.05, 4.69) is 0 Å². The van der Waals surface area contributed by atoms with Crippen LogP contribution in [0, 0.1) is 15.9 Å². The number of anilines is 1. The summed E-state index contributed by atoms with van der Waals surface area (Å²) in [6, 6.07) is 12.1. The highest BCUT2D eigenvalue weighted by atomic mass is 32.2. The van der Waals surface area contributed by atoms with Gasteiger partial charge in [0.25, 0.3) is 5.69 Å². The van der Waals surface area contributed by atoms with Crippen molar-refractivity contribution in [3.63, 3.8) is 0 Å². The molecular formula is C15H11FN2O3S. The third-order valence-corrected chi connectivity index (χ3v) is 4.56. The smallest absolute Gasteiger partial charge is 0.269 e. The molecule has 0 spiro atoms. The van der Waals surface area contributed by atoms with Gasteiger partial charge < -0.3 is 0 Å². The second kappa shape index (κ2) is 5.76. The van der Waals surface area contributed by atoms with Crippen molar-refractivity contribution in [1.82, 2.24) is 0 Å². The Hall–Kier alpha value is -2.41. The van der Waals surface area contributed by atoms with Gasteiger partial charge in [0.05, 0.1) is 16.4 Å². The second-order valence-corrected chi connectivity index (χ2v) is 5.80. The Balaban J connectivity index is 2.03. The van der Waals surface area contributed by atoms with Gasteiger partial charge in [-0.25, -0.2) is 4.39 Å². The molecule has 1 saturated heterocycles. The Labute approximate surface area is 129 Å². The highest BCUT2D eigenvalue weighted by molar-refractivity contribution is 8.00. The molecule has 22 heavy (non-hydrogen) atoms. The lowest BCUT2D eigenvalue weighted by molar-refractivity contribution is -0.384. The topological polar surface area (TPSA) is 63.4 Å². The molecule has 1 atom stereocenters. The van der Waals surface area contributed by atoms with Crippen LogP contribution in [0.25, 0.3) is 0 Å². The summed E-state index contributed by atoms with van der Waals surface area (Å²) in [6.07, 6.45) is 0. The van der Waals surface area contributed by atoms with Crippen LogP contribution in [0.1, 0.15) is 10.9 Å². The summed E-state index contributed by atoms with van der Waals surface area (Å²) < 4.78 is 14.0. The van der Waals surface area contributed by atoms with E-state index in [0.717, 1.165) is 0 Å². The summed E-state index contributed by atoms with van der Waals surface area (Å²) in [5.74, 6) is -0.498. The van der Waals surface area contributed by atoms with Crippen molar-refractivity contribution in [3.05, 3.63) is 70.0 Å². The predicted molar refractivity (Wildman–Crippen MR) is 82.2 cm³/mol. The molecule has 2 aromatic carbocycles. The van der Waals surface area contributed by atoms with Gasteiger partial charge in [-0.3, -0.25) is 19.8 Å². The number of hydrogen-bond acceptors (Lipinski definition) is 4. The largest absolute Gasteiger partial charge is 0.292 e. The molecule has 0 aromatic heterocycles. The minimum absolute atomic E-state index is 0.0501. The number of para-hydroxylation sites is 1. The van der Waals surface area contributed by atoms with Gasteiger partial charge >= 0.3 is 0 Å². The highest BCUT2D eigenvalue weighted by Gasteiger charge is 2.35. The number of amides is 1. The number of thioether (sulfide) groups is 1. The van der Waals surface area contributed by atoms with E-state index in [-0.39, 0.29) is 23.0 Å². The van der Waals surface area contributed by atoms with E-state index < -0.39 is 16.1 Å². The monoisotopic (exact) mass is 318 g/mol. The first kappa shape index (κ1) is 14.5. The van der Waals surface area contributed by atoms with Gasteiger partial charge in [0.15, 0.2) is 0 Å². The number of carbonyl (C=O) groups is 1. The van der Waals surface area contributed by atoms with Crippen LogP contribution < -0.4 is 4.90 Å². The third-order valence-electron chi connectivity index (χ3n) is 3.35. The van der Waals surface area contributed by atoms with Gasteiger partial charge in [-0.05, 0) is 17.7 Å². The Morgan fingerprint density at radius 1 is 1.23 bits per heavy atom. The lowest BCUT2D eigenvalue weighted by atomic mass is 10.1. The fraction of sp³-hybridized carbons (Fsp3) is 0.133. The van der Waals surface area contributed by atoms with Gasteiger partial charge in [0.1, 0.15) is 11.2 Å². The van der Waals surface area contributed by atoms with Crippen molar-refractivity contribution < 1.29 is 14.1 Å². The van der Waals surface area contributed by atoms with Crippen molar-refractivity contribution in [2.75, 3.05) is 10.7 Å². The molecule has 1 fully saturated rings. The number of hydrogen-bond donors (Lipinski definition) is 0. The maximum atomic E-state index is 14.0. The SMILES string of the molecule is O=C1CS[C@@H](c2cccc([N+](=O)[O-])c2)N1c1ccccc1F. The highest BCUT2D eigenvalue weighted by Crippen LogP contribution is 2.43. The normalized spacial score (nSPS) is 17.8.